The van der Waals surface area contributed by atoms with Crippen LogP contribution < -0.4 is 0 Å². The lowest BCUT2D eigenvalue weighted by molar-refractivity contribution is -0.142. The third kappa shape index (κ3) is 2.18. The van der Waals surface area contributed by atoms with Crippen LogP contribution in [0.4, 0.5) is 0 Å². The predicted molar refractivity (Wildman–Crippen MR) is 61.8 cm³/mol. The molecule has 1 aromatic heterocycles. The third-order valence-electron chi connectivity index (χ3n) is 2.57. The summed E-state index contributed by atoms with van der Waals surface area (Å²) in [5.41, 5.74) is 1.58. The minimum absolute atomic E-state index is 0.301. The fourth-order valence-electron chi connectivity index (χ4n) is 1.61. The van der Waals surface area contributed by atoms with Crippen LogP contribution in [0.15, 0.2) is 36.5 Å². The number of rotatable bonds is 3. The monoisotopic (exact) mass is 231 g/mol. The van der Waals surface area contributed by atoms with E-state index in [0.29, 0.717) is 5.69 Å². The van der Waals surface area contributed by atoms with Gasteiger partial charge in [-0.1, -0.05) is 23.4 Å². The molecule has 5 heteroatoms. The Kier molecular flexibility index (Phi) is 3.18. The van der Waals surface area contributed by atoms with E-state index < -0.39 is 5.92 Å². The van der Waals surface area contributed by atoms with Crippen molar-refractivity contribution in [3.05, 3.63) is 42.2 Å². The van der Waals surface area contributed by atoms with Gasteiger partial charge in [-0.25, -0.2) is 4.68 Å². The summed E-state index contributed by atoms with van der Waals surface area (Å²) >= 11 is 0. The van der Waals surface area contributed by atoms with Crippen LogP contribution in [0.2, 0.25) is 0 Å². The lowest BCUT2D eigenvalue weighted by Crippen LogP contribution is -2.15. The molecule has 0 aliphatic heterocycles. The van der Waals surface area contributed by atoms with E-state index in [1.807, 2.05) is 30.3 Å². The van der Waals surface area contributed by atoms with Gasteiger partial charge in [0.05, 0.1) is 30.6 Å². The quantitative estimate of drug-likeness (QED) is 0.752. The van der Waals surface area contributed by atoms with Crippen LogP contribution in [0.5, 0.6) is 0 Å². The molecule has 17 heavy (non-hydrogen) atoms. The van der Waals surface area contributed by atoms with E-state index in [4.69, 9.17) is 4.74 Å². The van der Waals surface area contributed by atoms with Gasteiger partial charge in [0.2, 0.25) is 0 Å². The van der Waals surface area contributed by atoms with Gasteiger partial charge in [0.1, 0.15) is 0 Å². The molecule has 0 amide bonds. The Bertz CT molecular complexity index is 507. The van der Waals surface area contributed by atoms with Crippen LogP contribution >= 0.6 is 0 Å². The number of carbonyl (C=O) groups is 1. The third-order valence-corrected chi connectivity index (χ3v) is 2.57. The second-order valence-corrected chi connectivity index (χ2v) is 3.65. The van der Waals surface area contributed by atoms with E-state index in [1.54, 1.807) is 17.8 Å². The first-order valence-electron chi connectivity index (χ1n) is 5.28. The highest BCUT2D eigenvalue weighted by Crippen LogP contribution is 2.18. The summed E-state index contributed by atoms with van der Waals surface area (Å²) < 4.78 is 6.36. The normalized spacial score (nSPS) is 12.1. The molecule has 0 aliphatic carbocycles. The standard InChI is InChI=1S/C12H13N3O2/c1-9(12(16)17-2)11-8-13-14-15(11)10-6-4-3-5-7-10/h3-9H,1-2H3. The van der Waals surface area contributed by atoms with Gasteiger partial charge in [-0.3, -0.25) is 4.79 Å². The molecule has 0 aliphatic rings. The smallest absolute Gasteiger partial charge is 0.314 e. The van der Waals surface area contributed by atoms with Crippen molar-refractivity contribution >= 4 is 5.97 Å². The lowest BCUT2D eigenvalue weighted by Gasteiger charge is -2.10. The van der Waals surface area contributed by atoms with Gasteiger partial charge in [-0.2, -0.15) is 0 Å². The molecular formula is C12H13N3O2. The minimum Gasteiger partial charge on any atom is -0.469 e. The largest absolute Gasteiger partial charge is 0.469 e. The average molecular weight is 231 g/mol. The first-order valence-corrected chi connectivity index (χ1v) is 5.28. The van der Waals surface area contributed by atoms with E-state index >= 15 is 0 Å². The topological polar surface area (TPSA) is 57.0 Å². The summed E-state index contributed by atoms with van der Waals surface area (Å²) in [6.07, 6.45) is 1.58. The van der Waals surface area contributed by atoms with Crippen LogP contribution in [0, 0.1) is 0 Å². The van der Waals surface area contributed by atoms with Gasteiger partial charge >= 0.3 is 5.97 Å². The molecule has 1 aromatic carbocycles. The summed E-state index contributed by atoms with van der Waals surface area (Å²) in [5.74, 6) is -0.695. The molecule has 0 saturated heterocycles. The number of nitrogens with zero attached hydrogens (tertiary/aromatic N) is 3. The zero-order valence-corrected chi connectivity index (χ0v) is 9.70. The number of methoxy groups -OCH3 is 1. The van der Waals surface area contributed by atoms with Crippen LogP contribution in [0.25, 0.3) is 5.69 Å². The van der Waals surface area contributed by atoms with Gasteiger partial charge in [-0.05, 0) is 19.1 Å². The Morgan fingerprint density at radius 3 is 2.71 bits per heavy atom. The molecule has 1 atom stereocenters. The average Bonchev–Trinajstić information content (AvgIpc) is 2.87. The van der Waals surface area contributed by atoms with Crippen molar-refractivity contribution in [1.82, 2.24) is 15.0 Å². The molecule has 2 rings (SSSR count). The maximum atomic E-state index is 11.5. The van der Waals surface area contributed by atoms with Gasteiger partial charge in [-0.15, -0.1) is 5.10 Å². The number of aromatic nitrogens is 3. The molecule has 5 nitrogen and oxygen atoms in total. The molecular weight excluding hydrogens is 218 g/mol. The van der Waals surface area contributed by atoms with E-state index in [0.717, 1.165) is 5.69 Å². The van der Waals surface area contributed by atoms with Gasteiger partial charge in [0, 0.05) is 0 Å². The lowest BCUT2D eigenvalue weighted by atomic mass is 10.1. The number of hydrogen-bond acceptors (Lipinski definition) is 4. The summed E-state index contributed by atoms with van der Waals surface area (Å²) in [6, 6.07) is 9.54. The Morgan fingerprint density at radius 1 is 1.35 bits per heavy atom. The van der Waals surface area contributed by atoms with Crippen molar-refractivity contribution in [3.63, 3.8) is 0 Å². The van der Waals surface area contributed by atoms with Crippen LogP contribution in [0.1, 0.15) is 18.5 Å². The minimum atomic E-state index is -0.393. The molecule has 1 unspecified atom stereocenters. The van der Waals surface area contributed by atoms with Crippen molar-refractivity contribution in [3.8, 4) is 5.69 Å². The predicted octanol–water partition coefficient (Wildman–Crippen LogP) is 1.54. The highest BCUT2D eigenvalue weighted by atomic mass is 16.5. The summed E-state index contributed by atoms with van der Waals surface area (Å²) in [4.78, 5) is 11.5. The van der Waals surface area contributed by atoms with E-state index in [9.17, 15) is 4.79 Å². The fourth-order valence-corrected chi connectivity index (χ4v) is 1.61. The Morgan fingerprint density at radius 2 is 2.06 bits per heavy atom. The van der Waals surface area contributed by atoms with Crippen molar-refractivity contribution in [1.29, 1.82) is 0 Å². The van der Waals surface area contributed by atoms with Crippen molar-refractivity contribution in [2.45, 2.75) is 12.8 Å². The maximum Gasteiger partial charge on any atom is 0.314 e. The molecule has 88 valence electrons. The van der Waals surface area contributed by atoms with Crippen molar-refractivity contribution in [2.75, 3.05) is 7.11 Å². The highest BCUT2D eigenvalue weighted by Gasteiger charge is 2.21. The van der Waals surface area contributed by atoms with Crippen LogP contribution in [-0.2, 0) is 9.53 Å². The van der Waals surface area contributed by atoms with E-state index in [-0.39, 0.29) is 5.97 Å². The zero-order valence-electron chi connectivity index (χ0n) is 9.70. The van der Waals surface area contributed by atoms with Crippen LogP contribution in [-0.4, -0.2) is 28.1 Å². The number of esters is 1. The number of carbonyl (C=O) groups excluding carboxylic acids is 1. The SMILES string of the molecule is COC(=O)C(C)c1cnnn1-c1ccccc1. The molecule has 0 radical (unpaired) electrons. The second-order valence-electron chi connectivity index (χ2n) is 3.65. The Labute approximate surface area is 99.0 Å². The van der Waals surface area contributed by atoms with Gasteiger partial charge < -0.3 is 4.74 Å². The summed E-state index contributed by atoms with van der Waals surface area (Å²) in [7, 11) is 1.37. The molecule has 0 saturated carbocycles. The first-order chi connectivity index (χ1) is 8.24. The van der Waals surface area contributed by atoms with Crippen molar-refractivity contribution in [2.24, 2.45) is 0 Å². The van der Waals surface area contributed by atoms with Gasteiger partial charge in [0.15, 0.2) is 0 Å². The van der Waals surface area contributed by atoms with E-state index in [1.165, 1.54) is 7.11 Å². The maximum absolute atomic E-state index is 11.5. The molecule has 0 spiro atoms. The fraction of sp³-hybridized carbons (Fsp3) is 0.250. The molecule has 1 heterocycles. The van der Waals surface area contributed by atoms with E-state index in [2.05, 4.69) is 10.3 Å². The number of ether oxygens (including phenoxy) is 1. The summed E-state index contributed by atoms with van der Waals surface area (Å²) in [5, 5.41) is 7.82. The summed E-state index contributed by atoms with van der Waals surface area (Å²) in [6.45, 7) is 1.77. The molecule has 2 aromatic rings. The zero-order chi connectivity index (χ0) is 12.3. The van der Waals surface area contributed by atoms with Crippen molar-refractivity contribution < 1.29 is 9.53 Å². The Hall–Kier alpha value is -2.17. The number of hydrogen-bond donors (Lipinski definition) is 0. The number of benzene rings is 1. The highest BCUT2D eigenvalue weighted by molar-refractivity contribution is 5.77. The molecule has 0 fully saturated rings. The Balaban J connectivity index is 2.39. The van der Waals surface area contributed by atoms with Crippen LogP contribution in [0.3, 0.4) is 0 Å². The first kappa shape index (κ1) is 11.3. The van der Waals surface area contributed by atoms with Gasteiger partial charge in [0.25, 0.3) is 0 Å². The molecule has 0 N–H and O–H groups in total. The second kappa shape index (κ2) is 4.78. The molecule has 0 bridgehead atoms. The number of para-hydroxylation sites is 1.